The molecule has 0 aliphatic heterocycles. The van der Waals surface area contributed by atoms with Crippen molar-refractivity contribution in [3.8, 4) is 5.75 Å². The third-order valence-electron chi connectivity index (χ3n) is 2.04. The lowest BCUT2D eigenvalue weighted by molar-refractivity contribution is -0.113. The van der Waals surface area contributed by atoms with Gasteiger partial charge in [0.1, 0.15) is 0 Å². The summed E-state index contributed by atoms with van der Waals surface area (Å²) in [5, 5.41) is 8.58. The Labute approximate surface area is 110 Å². The predicted molar refractivity (Wildman–Crippen MR) is 73.4 cm³/mol. The molecule has 0 bridgehead atoms. The fourth-order valence-corrected chi connectivity index (χ4v) is 1.16. The summed E-state index contributed by atoms with van der Waals surface area (Å²) in [6.07, 6.45) is 4.49. The minimum atomic E-state index is -0.451. The maximum atomic E-state index is 10.3. The summed E-state index contributed by atoms with van der Waals surface area (Å²) in [6.45, 7) is 0. The van der Waals surface area contributed by atoms with Crippen LogP contribution in [0.15, 0.2) is 59.5 Å². The van der Waals surface area contributed by atoms with Crippen molar-refractivity contribution >= 4 is 12.0 Å². The second-order valence-corrected chi connectivity index (χ2v) is 3.53. The first-order chi connectivity index (χ1) is 9.09. The van der Waals surface area contributed by atoms with E-state index < -0.39 is 11.5 Å². The monoisotopic (exact) mass is 258 g/mol. The van der Waals surface area contributed by atoms with Gasteiger partial charge in [0.2, 0.25) is 5.91 Å². The van der Waals surface area contributed by atoms with Crippen LogP contribution in [0.4, 0.5) is 0 Å². The van der Waals surface area contributed by atoms with Crippen LogP contribution in [-0.4, -0.2) is 16.0 Å². The van der Waals surface area contributed by atoms with E-state index in [9.17, 15) is 9.59 Å². The minimum absolute atomic E-state index is 0.243. The molecule has 5 heteroatoms. The van der Waals surface area contributed by atoms with E-state index in [0.29, 0.717) is 0 Å². The van der Waals surface area contributed by atoms with Gasteiger partial charge in [-0.15, -0.1) is 0 Å². The van der Waals surface area contributed by atoms with Crippen molar-refractivity contribution < 1.29 is 9.90 Å². The van der Waals surface area contributed by atoms with E-state index in [0.717, 1.165) is 5.56 Å². The molecule has 1 heterocycles. The predicted octanol–water partition coefficient (Wildman–Crippen LogP) is 1.27. The van der Waals surface area contributed by atoms with E-state index in [2.05, 4.69) is 4.98 Å². The molecule has 98 valence electrons. The fraction of sp³-hybridized carbons (Fsp3) is 0. The van der Waals surface area contributed by atoms with E-state index in [-0.39, 0.29) is 5.75 Å². The number of hydrogen-bond acceptors (Lipinski definition) is 3. The van der Waals surface area contributed by atoms with Crippen LogP contribution in [0.5, 0.6) is 5.75 Å². The zero-order chi connectivity index (χ0) is 14.1. The van der Waals surface area contributed by atoms with E-state index >= 15 is 0 Å². The van der Waals surface area contributed by atoms with Crippen LogP contribution in [0, 0.1) is 0 Å². The van der Waals surface area contributed by atoms with E-state index in [4.69, 9.17) is 10.8 Å². The Bertz CT molecular complexity index is 603. The summed E-state index contributed by atoms with van der Waals surface area (Å²) >= 11 is 0. The van der Waals surface area contributed by atoms with Crippen LogP contribution in [0.3, 0.4) is 0 Å². The highest BCUT2D eigenvalue weighted by Gasteiger charge is 1.87. The summed E-state index contributed by atoms with van der Waals surface area (Å²) < 4.78 is 0. The van der Waals surface area contributed by atoms with Crippen LogP contribution in [0.2, 0.25) is 0 Å². The minimum Gasteiger partial charge on any atom is -0.503 e. The van der Waals surface area contributed by atoms with Gasteiger partial charge in [0.05, 0.1) is 0 Å². The standard InChI is InChI=1S/C9H9NO.C5H5NO2/c10-9(11)7-6-8-4-2-1-3-5-8;7-4-2-1-3-6-5(4)8/h1-7H,(H2,10,11);1-3,7H,(H,6,8). The van der Waals surface area contributed by atoms with Gasteiger partial charge in [-0.3, -0.25) is 9.59 Å². The van der Waals surface area contributed by atoms with E-state index in [1.54, 1.807) is 12.1 Å². The van der Waals surface area contributed by atoms with Gasteiger partial charge >= 0.3 is 0 Å². The van der Waals surface area contributed by atoms with Crippen LogP contribution >= 0.6 is 0 Å². The van der Waals surface area contributed by atoms with Gasteiger partial charge < -0.3 is 15.8 Å². The zero-order valence-electron chi connectivity index (χ0n) is 10.1. The highest BCUT2D eigenvalue weighted by molar-refractivity contribution is 5.90. The van der Waals surface area contributed by atoms with Gasteiger partial charge in [0.15, 0.2) is 5.75 Å². The number of nitrogens with one attached hydrogen (secondary N) is 1. The van der Waals surface area contributed by atoms with Crippen molar-refractivity contribution in [3.05, 3.63) is 70.7 Å². The number of aromatic amines is 1. The largest absolute Gasteiger partial charge is 0.503 e. The fourth-order valence-electron chi connectivity index (χ4n) is 1.16. The number of aromatic nitrogens is 1. The normalized spacial score (nSPS) is 9.68. The summed E-state index contributed by atoms with van der Waals surface area (Å²) in [7, 11) is 0. The molecule has 0 atom stereocenters. The number of amides is 1. The third kappa shape index (κ3) is 5.88. The van der Waals surface area contributed by atoms with Crippen LogP contribution in [0.1, 0.15) is 5.56 Å². The maximum absolute atomic E-state index is 10.3. The molecule has 1 aromatic carbocycles. The van der Waals surface area contributed by atoms with Gasteiger partial charge in [-0.25, -0.2) is 0 Å². The second kappa shape index (κ2) is 7.50. The molecule has 0 fully saturated rings. The Morgan fingerprint density at radius 1 is 1.16 bits per heavy atom. The van der Waals surface area contributed by atoms with Crippen molar-refractivity contribution in [2.24, 2.45) is 5.73 Å². The molecule has 4 N–H and O–H groups in total. The molecule has 1 aromatic heterocycles. The molecule has 0 saturated heterocycles. The zero-order valence-corrected chi connectivity index (χ0v) is 10.1. The van der Waals surface area contributed by atoms with E-state index in [1.807, 2.05) is 30.3 Å². The molecule has 0 spiro atoms. The number of carbonyl (C=O) groups excluding carboxylic acids is 1. The number of carbonyl (C=O) groups is 1. The lowest BCUT2D eigenvalue weighted by atomic mass is 10.2. The number of benzene rings is 1. The quantitative estimate of drug-likeness (QED) is 0.707. The lowest BCUT2D eigenvalue weighted by Gasteiger charge is -1.88. The van der Waals surface area contributed by atoms with Gasteiger partial charge in [0.25, 0.3) is 5.56 Å². The molecule has 0 radical (unpaired) electrons. The molecule has 0 unspecified atom stereocenters. The van der Waals surface area contributed by atoms with Crippen LogP contribution in [-0.2, 0) is 4.79 Å². The Morgan fingerprint density at radius 2 is 1.84 bits per heavy atom. The second-order valence-electron chi connectivity index (χ2n) is 3.53. The Balaban J connectivity index is 0.000000200. The number of rotatable bonds is 2. The number of H-pyrrole nitrogens is 1. The Kier molecular flexibility index (Phi) is 5.62. The smallest absolute Gasteiger partial charge is 0.290 e. The van der Waals surface area contributed by atoms with Crippen LogP contribution < -0.4 is 11.3 Å². The topological polar surface area (TPSA) is 96.2 Å². The molecule has 0 saturated carbocycles. The number of hydrogen-bond donors (Lipinski definition) is 3. The highest BCUT2D eigenvalue weighted by Crippen LogP contribution is 1.99. The molecule has 1 amide bonds. The van der Waals surface area contributed by atoms with E-state index in [1.165, 1.54) is 18.3 Å². The molecule has 2 rings (SSSR count). The summed E-state index contributed by atoms with van der Waals surface area (Å²) in [5.41, 5.74) is 5.44. The Hall–Kier alpha value is -2.82. The number of nitrogens with two attached hydrogens (primary N) is 1. The molecule has 2 aromatic rings. The van der Waals surface area contributed by atoms with Crippen molar-refractivity contribution in [3.63, 3.8) is 0 Å². The molecular formula is C14H14N2O3. The van der Waals surface area contributed by atoms with Gasteiger partial charge in [-0.2, -0.15) is 0 Å². The average Bonchev–Trinajstić information content (AvgIpc) is 2.42. The molecule has 0 aliphatic rings. The van der Waals surface area contributed by atoms with Gasteiger partial charge in [-0.1, -0.05) is 30.3 Å². The molecule has 0 aliphatic carbocycles. The SMILES string of the molecule is NC(=O)C=Cc1ccccc1.O=c1[nH]cccc1O. The molecule has 5 nitrogen and oxygen atoms in total. The first kappa shape index (κ1) is 14.2. The highest BCUT2D eigenvalue weighted by atomic mass is 16.3. The average molecular weight is 258 g/mol. The molecule has 19 heavy (non-hydrogen) atoms. The Morgan fingerprint density at radius 3 is 2.32 bits per heavy atom. The maximum Gasteiger partial charge on any atom is 0.290 e. The number of pyridine rings is 1. The van der Waals surface area contributed by atoms with Crippen molar-refractivity contribution in [2.45, 2.75) is 0 Å². The number of primary amides is 1. The summed E-state index contributed by atoms with van der Waals surface area (Å²) in [6, 6.07) is 12.4. The lowest BCUT2D eigenvalue weighted by Crippen LogP contribution is -2.04. The van der Waals surface area contributed by atoms with Crippen molar-refractivity contribution in [1.82, 2.24) is 4.98 Å². The third-order valence-corrected chi connectivity index (χ3v) is 2.04. The summed E-state index contributed by atoms with van der Waals surface area (Å²) in [5.74, 6) is -0.665. The first-order valence-corrected chi connectivity index (χ1v) is 5.49. The van der Waals surface area contributed by atoms with Crippen LogP contribution in [0.25, 0.3) is 6.08 Å². The number of aromatic hydroxyl groups is 1. The summed E-state index contributed by atoms with van der Waals surface area (Å²) in [4.78, 5) is 22.9. The van der Waals surface area contributed by atoms with Gasteiger partial charge in [0, 0.05) is 12.3 Å². The first-order valence-electron chi connectivity index (χ1n) is 5.49. The molecular weight excluding hydrogens is 244 g/mol. The van der Waals surface area contributed by atoms with Gasteiger partial charge in [-0.05, 0) is 23.8 Å². The van der Waals surface area contributed by atoms with Crippen molar-refractivity contribution in [2.75, 3.05) is 0 Å². The van der Waals surface area contributed by atoms with Crippen molar-refractivity contribution in [1.29, 1.82) is 0 Å².